The summed E-state index contributed by atoms with van der Waals surface area (Å²) in [6.07, 6.45) is 7.86. The van der Waals surface area contributed by atoms with E-state index in [4.69, 9.17) is 10.5 Å². The topological polar surface area (TPSA) is 82.1 Å². The summed E-state index contributed by atoms with van der Waals surface area (Å²) in [5.74, 6) is 2.74. The standard InChI is InChI=1S/C15H22N6O/c1-22-10-9-20-8-6-17-14(20)12-3-2-7-21(11-12)13-4-5-18-15(16)19-13/h4-6,8,12H,2-3,7,9-11H2,1H3,(H2,16,18,19)/t12-/m1/s1. The molecular weight excluding hydrogens is 280 g/mol. The highest BCUT2D eigenvalue weighted by Crippen LogP contribution is 2.28. The maximum Gasteiger partial charge on any atom is 0.221 e. The van der Waals surface area contributed by atoms with Crippen LogP contribution < -0.4 is 10.6 Å². The van der Waals surface area contributed by atoms with Crippen LogP contribution in [-0.2, 0) is 11.3 Å². The second kappa shape index (κ2) is 6.74. The maximum absolute atomic E-state index is 5.69. The van der Waals surface area contributed by atoms with Crippen molar-refractivity contribution in [2.75, 3.05) is 37.4 Å². The van der Waals surface area contributed by atoms with Crippen molar-refractivity contribution in [3.05, 3.63) is 30.5 Å². The van der Waals surface area contributed by atoms with Crippen molar-refractivity contribution >= 4 is 11.8 Å². The minimum Gasteiger partial charge on any atom is -0.383 e. The smallest absolute Gasteiger partial charge is 0.221 e. The SMILES string of the molecule is COCCn1ccnc1[C@@H]1CCCN(c2ccnc(N)n2)C1. The predicted octanol–water partition coefficient (Wildman–Crippen LogP) is 1.29. The van der Waals surface area contributed by atoms with Crippen LogP contribution in [0.5, 0.6) is 0 Å². The van der Waals surface area contributed by atoms with Gasteiger partial charge in [0.25, 0.3) is 0 Å². The Kier molecular flexibility index (Phi) is 4.53. The number of hydrogen-bond acceptors (Lipinski definition) is 6. The van der Waals surface area contributed by atoms with Crippen LogP contribution in [0.2, 0.25) is 0 Å². The number of aromatic nitrogens is 4. The third kappa shape index (κ3) is 3.19. The van der Waals surface area contributed by atoms with Gasteiger partial charge in [-0.25, -0.2) is 9.97 Å². The van der Waals surface area contributed by atoms with Gasteiger partial charge in [0, 0.05) is 51.3 Å². The van der Waals surface area contributed by atoms with Crippen molar-refractivity contribution in [3.8, 4) is 0 Å². The number of nitrogen functional groups attached to an aromatic ring is 1. The van der Waals surface area contributed by atoms with E-state index in [-0.39, 0.29) is 0 Å². The Labute approximate surface area is 130 Å². The summed E-state index contributed by atoms with van der Waals surface area (Å²) < 4.78 is 7.36. The fourth-order valence-electron chi connectivity index (χ4n) is 3.00. The first kappa shape index (κ1) is 14.8. The number of imidazole rings is 1. The Hall–Kier alpha value is -2.15. The van der Waals surface area contributed by atoms with E-state index in [2.05, 4.69) is 24.4 Å². The van der Waals surface area contributed by atoms with Crippen LogP contribution in [0.1, 0.15) is 24.6 Å². The fraction of sp³-hybridized carbons (Fsp3) is 0.533. The minimum absolute atomic E-state index is 0.321. The quantitative estimate of drug-likeness (QED) is 0.896. The molecule has 0 radical (unpaired) electrons. The molecule has 1 aliphatic heterocycles. The summed E-state index contributed by atoms with van der Waals surface area (Å²) in [5.41, 5.74) is 5.69. The molecule has 3 rings (SSSR count). The molecule has 2 N–H and O–H groups in total. The van der Waals surface area contributed by atoms with Gasteiger partial charge in [-0.05, 0) is 18.9 Å². The highest BCUT2D eigenvalue weighted by molar-refractivity contribution is 5.42. The maximum atomic E-state index is 5.69. The molecule has 0 saturated carbocycles. The Bertz CT molecular complexity index is 614. The van der Waals surface area contributed by atoms with Gasteiger partial charge in [-0.3, -0.25) is 0 Å². The van der Waals surface area contributed by atoms with E-state index in [1.165, 1.54) is 0 Å². The van der Waals surface area contributed by atoms with Crippen LogP contribution in [0.3, 0.4) is 0 Å². The number of piperidine rings is 1. The normalized spacial score (nSPS) is 18.6. The molecule has 0 aromatic carbocycles. The Morgan fingerprint density at radius 2 is 2.27 bits per heavy atom. The fourth-order valence-corrected chi connectivity index (χ4v) is 3.00. The Balaban J connectivity index is 1.74. The van der Waals surface area contributed by atoms with Crippen molar-refractivity contribution in [2.24, 2.45) is 0 Å². The third-order valence-electron chi connectivity index (χ3n) is 4.05. The molecule has 1 fully saturated rings. The zero-order valence-electron chi connectivity index (χ0n) is 12.9. The van der Waals surface area contributed by atoms with Gasteiger partial charge in [-0.2, -0.15) is 4.98 Å². The van der Waals surface area contributed by atoms with E-state index >= 15 is 0 Å². The number of anilines is 2. The van der Waals surface area contributed by atoms with Gasteiger partial charge in [0.2, 0.25) is 5.95 Å². The van der Waals surface area contributed by atoms with E-state index in [0.29, 0.717) is 18.5 Å². The molecule has 2 aromatic rings. The number of nitrogens with two attached hydrogens (primary N) is 1. The van der Waals surface area contributed by atoms with Crippen LogP contribution in [0.25, 0.3) is 0 Å². The second-order valence-corrected chi connectivity index (χ2v) is 5.53. The van der Waals surface area contributed by atoms with E-state index in [1.807, 2.05) is 18.5 Å². The predicted molar refractivity (Wildman–Crippen MR) is 84.7 cm³/mol. The lowest BCUT2D eigenvalue weighted by molar-refractivity contribution is 0.185. The largest absolute Gasteiger partial charge is 0.383 e. The zero-order chi connectivity index (χ0) is 15.4. The van der Waals surface area contributed by atoms with Gasteiger partial charge in [-0.15, -0.1) is 0 Å². The molecule has 1 aliphatic rings. The van der Waals surface area contributed by atoms with Crippen molar-refractivity contribution in [2.45, 2.75) is 25.3 Å². The number of methoxy groups -OCH3 is 1. The lowest BCUT2D eigenvalue weighted by Crippen LogP contribution is -2.36. The van der Waals surface area contributed by atoms with E-state index in [0.717, 1.165) is 44.1 Å². The van der Waals surface area contributed by atoms with Crippen LogP contribution in [-0.4, -0.2) is 46.3 Å². The summed E-state index contributed by atoms with van der Waals surface area (Å²) in [4.78, 5) is 15.1. The number of hydrogen-bond donors (Lipinski definition) is 1. The van der Waals surface area contributed by atoms with Crippen LogP contribution in [0.15, 0.2) is 24.7 Å². The minimum atomic E-state index is 0.321. The van der Waals surface area contributed by atoms with Crippen LogP contribution in [0.4, 0.5) is 11.8 Å². The van der Waals surface area contributed by atoms with Crippen molar-refractivity contribution < 1.29 is 4.74 Å². The number of ether oxygens (including phenoxy) is 1. The summed E-state index contributed by atoms with van der Waals surface area (Å²) in [6.45, 7) is 3.43. The molecule has 3 heterocycles. The molecule has 22 heavy (non-hydrogen) atoms. The zero-order valence-corrected chi connectivity index (χ0v) is 12.9. The molecular formula is C15H22N6O. The van der Waals surface area contributed by atoms with E-state index in [1.54, 1.807) is 13.3 Å². The van der Waals surface area contributed by atoms with Crippen molar-refractivity contribution in [1.82, 2.24) is 19.5 Å². The van der Waals surface area contributed by atoms with Gasteiger partial charge in [-0.1, -0.05) is 0 Å². The molecule has 118 valence electrons. The first-order valence-electron chi connectivity index (χ1n) is 7.61. The van der Waals surface area contributed by atoms with Crippen molar-refractivity contribution in [3.63, 3.8) is 0 Å². The first-order chi connectivity index (χ1) is 10.8. The molecule has 7 heteroatoms. The summed E-state index contributed by atoms with van der Waals surface area (Å²) in [6, 6.07) is 1.91. The lowest BCUT2D eigenvalue weighted by Gasteiger charge is -2.33. The summed E-state index contributed by atoms with van der Waals surface area (Å²) >= 11 is 0. The average Bonchev–Trinajstić information content (AvgIpc) is 3.01. The highest BCUT2D eigenvalue weighted by atomic mass is 16.5. The molecule has 2 aromatic heterocycles. The Morgan fingerprint density at radius 3 is 3.09 bits per heavy atom. The van der Waals surface area contributed by atoms with Gasteiger partial charge >= 0.3 is 0 Å². The Morgan fingerprint density at radius 1 is 1.36 bits per heavy atom. The van der Waals surface area contributed by atoms with Gasteiger partial charge in [0.05, 0.1) is 6.61 Å². The lowest BCUT2D eigenvalue weighted by atomic mass is 9.97. The molecule has 7 nitrogen and oxygen atoms in total. The molecule has 0 aliphatic carbocycles. The highest BCUT2D eigenvalue weighted by Gasteiger charge is 2.25. The van der Waals surface area contributed by atoms with Gasteiger partial charge in [0.15, 0.2) is 0 Å². The molecule has 0 spiro atoms. The third-order valence-corrected chi connectivity index (χ3v) is 4.05. The van der Waals surface area contributed by atoms with Crippen molar-refractivity contribution in [1.29, 1.82) is 0 Å². The molecule has 0 amide bonds. The average molecular weight is 302 g/mol. The summed E-state index contributed by atoms with van der Waals surface area (Å²) in [7, 11) is 1.72. The van der Waals surface area contributed by atoms with Gasteiger partial charge in [0.1, 0.15) is 11.6 Å². The van der Waals surface area contributed by atoms with E-state index in [9.17, 15) is 0 Å². The monoisotopic (exact) mass is 302 g/mol. The number of nitrogens with zero attached hydrogens (tertiary/aromatic N) is 5. The molecule has 1 saturated heterocycles. The number of rotatable bonds is 5. The molecule has 0 bridgehead atoms. The summed E-state index contributed by atoms with van der Waals surface area (Å²) in [5, 5.41) is 0. The van der Waals surface area contributed by atoms with E-state index < -0.39 is 0 Å². The molecule has 1 atom stereocenters. The van der Waals surface area contributed by atoms with Gasteiger partial charge < -0.3 is 19.9 Å². The molecule has 0 unspecified atom stereocenters. The first-order valence-corrected chi connectivity index (χ1v) is 7.61. The second-order valence-electron chi connectivity index (χ2n) is 5.53. The van der Waals surface area contributed by atoms with Crippen LogP contribution >= 0.6 is 0 Å². The van der Waals surface area contributed by atoms with Crippen LogP contribution in [0, 0.1) is 0 Å².